The van der Waals surface area contributed by atoms with Crippen LogP contribution in [0.4, 0.5) is 8.78 Å². The number of ether oxygens (including phenoxy) is 2. The number of alkyl halides is 2. The Kier molecular flexibility index (Phi) is 7.03. The predicted molar refractivity (Wildman–Crippen MR) is 101 cm³/mol. The van der Waals surface area contributed by atoms with Crippen molar-refractivity contribution in [3.05, 3.63) is 23.8 Å². The molecule has 5 nitrogen and oxygen atoms in total. The van der Waals surface area contributed by atoms with E-state index < -0.39 is 6.61 Å². The molecule has 7 heteroatoms. The molecule has 1 aliphatic heterocycles. The van der Waals surface area contributed by atoms with E-state index in [1.807, 2.05) is 0 Å². The van der Waals surface area contributed by atoms with Gasteiger partial charge in [0.2, 0.25) is 0 Å². The molecule has 1 amide bonds. The van der Waals surface area contributed by atoms with Crippen LogP contribution >= 0.6 is 0 Å². The van der Waals surface area contributed by atoms with E-state index in [2.05, 4.69) is 42.6 Å². The van der Waals surface area contributed by atoms with Gasteiger partial charge in [-0.3, -0.25) is 9.69 Å². The van der Waals surface area contributed by atoms with E-state index in [1.165, 1.54) is 31.7 Å². The Morgan fingerprint density at radius 2 is 1.89 bits per heavy atom. The topological polar surface area (TPSA) is 50.8 Å². The van der Waals surface area contributed by atoms with Crippen molar-refractivity contribution >= 4 is 5.91 Å². The number of hydrogen-bond donors (Lipinski definition) is 1. The summed E-state index contributed by atoms with van der Waals surface area (Å²) in [6, 6.07) is 4.26. The number of rotatable bonds is 7. The highest BCUT2D eigenvalue weighted by atomic mass is 19.3. The van der Waals surface area contributed by atoms with Crippen LogP contribution in [0.15, 0.2) is 18.2 Å². The third kappa shape index (κ3) is 5.79. The molecule has 2 atom stereocenters. The number of amides is 1. The molecule has 2 rings (SSSR count). The summed E-state index contributed by atoms with van der Waals surface area (Å²) in [6.07, 6.45) is 1.22. The van der Waals surface area contributed by atoms with Crippen LogP contribution in [0.1, 0.15) is 44.5 Å². The average Bonchev–Trinajstić information content (AvgIpc) is 2.58. The van der Waals surface area contributed by atoms with Crippen molar-refractivity contribution in [3.8, 4) is 11.5 Å². The summed E-state index contributed by atoms with van der Waals surface area (Å²) in [5, 5.41) is 2.92. The van der Waals surface area contributed by atoms with Gasteiger partial charge in [0.15, 0.2) is 11.5 Å². The molecular formula is C20H30F2N2O3. The number of halogens is 2. The summed E-state index contributed by atoms with van der Waals surface area (Å²) >= 11 is 0. The fourth-order valence-corrected chi connectivity index (χ4v) is 3.67. The molecule has 0 spiro atoms. The molecule has 1 N–H and O–H groups in total. The standard InChI is InChI=1S/C20H30F2N2O3/c1-13-8-14(2)11-24(10-13)20(3,4)12-23-18(25)15-6-7-16(26-5)17(9-15)27-19(21)22/h6-7,9,13-14,19H,8,10-12H2,1-5H3,(H,23,25). The summed E-state index contributed by atoms with van der Waals surface area (Å²) in [4.78, 5) is 14.9. The number of hydrogen-bond acceptors (Lipinski definition) is 4. The minimum atomic E-state index is -2.99. The van der Waals surface area contributed by atoms with Crippen LogP contribution in [-0.4, -0.2) is 49.7 Å². The third-order valence-corrected chi connectivity index (χ3v) is 5.05. The van der Waals surface area contributed by atoms with Gasteiger partial charge in [0.1, 0.15) is 0 Å². The maximum Gasteiger partial charge on any atom is 0.387 e. The minimum Gasteiger partial charge on any atom is -0.493 e. The van der Waals surface area contributed by atoms with Gasteiger partial charge in [-0.05, 0) is 50.3 Å². The number of methoxy groups -OCH3 is 1. The maximum absolute atomic E-state index is 12.6. The molecule has 0 aromatic heterocycles. The molecule has 1 fully saturated rings. The zero-order valence-corrected chi connectivity index (χ0v) is 16.7. The van der Waals surface area contributed by atoms with Crippen LogP contribution in [0.5, 0.6) is 11.5 Å². The van der Waals surface area contributed by atoms with Crippen molar-refractivity contribution in [2.75, 3.05) is 26.7 Å². The van der Waals surface area contributed by atoms with Crippen LogP contribution in [0.25, 0.3) is 0 Å². The first-order valence-corrected chi connectivity index (χ1v) is 9.28. The first-order valence-electron chi connectivity index (χ1n) is 9.28. The Labute approximate surface area is 160 Å². The highest BCUT2D eigenvalue weighted by Crippen LogP contribution is 2.30. The van der Waals surface area contributed by atoms with Gasteiger partial charge < -0.3 is 14.8 Å². The second kappa shape index (κ2) is 8.87. The summed E-state index contributed by atoms with van der Waals surface area (Å²) in [6.45, 7) is 8.19. The zero-order chi connectivity index (χ0) is 20.2. The molecule has 2 unspecified atom stereocenters. The highest BCUT2D eigenvalue weighted by molar-refractivity contribution is 5.94. The number of piperidine rings is 1. The molecular weight excluding hydrogens is 354 g/mol. The molecule has 1 aliphatic rings. The van der Waals surface area contributed by atoms with Crippen LogP contribution in [0.3, 0.4) is 0 Å². The average molecular weight is 384 g/mol. The second-order valence-electron chi connectivity index (χ2n) is 8.09. The van der Waals surface area contributed by atoms with Crippen LogP contribution < -0.4 is 14.8 Å². The van der Waals surface area contributed by atoms with E-state index >= 15 is 0 Å². The van der Waals surface area contributed by atoms with Crippen molar-refractivity contribution in [2.45, 2.75) is 46.3 Å². The van der Waals surface area contributed by atoms with E-state index in [0.717, 1.165) is 13.1 Å². The molecule has 1 aromatic rings. The maximum atomic E-state index is 12.6. The van der Waals surface area contributed by atoms with Gasteiger partial charge in [-0.2, -0.15) is 8.78 Å². The molecule has 1 saturated heterocycles. The Balaban J connectivity index is 2.04. The van der Waals surface area contributed by atoms with E-state index in [0.29, 0.717) is 18.4 Å². The Morgan fingerprint density at radius 1 is 1.26 bits per heavy atom. The van der Waals surface area contributed by atoms with E-state index in [9.17, 15) is 13.6 Å². The molecule has 0 radical (unpaired) electrons. The Hall–Kier alpha value is -1.89. The summed E-state index contributed by atoms with van der Waals surface area (Å²) in [7, 11) is 1.36. The Bertz CT molecular complexity index is 642. The van der Waals surface area contributed by atoms with E-state index in [4.69, 9.17) is 4.74 Å². The van der Waals surface area contributed by atoms with Crippen molar-refractivity contribution in [2.24, 2.45) is 11.8 Å². The summed E-state index contributed by atoms with van der Waals surface area (Å²) in [5.41, 5.74) is 0.0514. The van der Waals surface area contributed by atoms with Crippen LogP contribution in [0, 0.1) is 11.8 Å². The lowest BCUT2D eigenvalue weighted by Gasteiger charge is -2.45. The SMILES string of the molecule is COc1ccc(C(=O)NCC(C)(C)N2CC(C)CC(C)C2)cc1OC(F)F. The molecule has 27 heavy (non-hydrogen) atoms. The van der Waals surface area contributed by atoms with Crippen LogP contribution in [0.2, 0.25) is 0 Å². The summed E-state index contributed by atoms with van der Waals surface area (Å²) < 4.78 is 34.6. The summed E-state index contributed by atoms with van der Waals surface area (Å²) in [5.74, 6) is 0.920. The lowest BCUT2D eigenvalue weighted by atomic mass is 9.88. The molecule has 0 bridgehead atoms. The van der Waals surface area contributed by atoms with Gasteiger partial charge >= 0.3 is 6.61 Å². The zero-order valence-electron chi connectivity index (χ0n) is 16.7. The van der Waals surface area contributed by atoms with Crippen molar-refractivity contribution in [1.82, 2.24) is 10.2 Å². The number of carbonyl (C=O) groups is 1. The largest absolute Gasteiger partial charge is 0.493 e. The molecule has 0 aliphatic carbocycles. The quantitative estimate of drug-likeness (QED) is 0.777. The number of benzene rings is 1. The number of likely N-dealkylation sites (tertiary alicyclic amines) is 1. The van der Waals surface area contributed by atoms with Crippen molar-refractivity contribution < 1.29 is 23.0 Å². The normalized spacial score (nSPS) is 21.2. The predicted octanol–water partition coefficient (Wildman–Crippen LogP) is 3.78. The number of nitrogens with zero attached hydrogens (tertiary/aromatic N) is 1. The van der Waals surface area contributed by atoms with Crippen LogP contribution in [-0.2, 0) is 0 Å². The lowest BCUT2D eigenvalue weighted by molar-refractivity contribution is -0.0512. The smallest absolute Gasteiger partial charge is 0.387 e. The fraction of sp³-hybridized carbons (Fsp3) is 0.650. The van der Waals surface area contributed by atoms with Crippen molar-refractivity contribution in [1.29, 1.82) is 0 Å². The van der Waals surface area contributed by atoms with Gasteiger partial charge in [0.05, 0.1) is 7.11 Å². The van der Waals surface area contributed by atoms with Gasteiger partial charge in [0, 0.05) is 30.7 Å². The van der Waals surface area contributed by atoms with Gasteiger partial charge in [-0.1, -0.05) is 13.8 Å². The molecule has 152 valence electrons. The van der Waals surface area contributed by atoms with E-state index in [-0.39, 0.29) is 28.5 Å². The fourth-order valence-electron chi connectivity index (χ4n) is 3.67. The number of nitrogens with one attached hydrogen (secondary N) is 1. The number of carbonyl (C=O) groups excluding carboxylic acids is 1. The Morgan fingerprint density at radius 3 is 2.44 bits per heavy atom. The highest BCUT2D eigenvalue weighted by Gasteiger charge is 2.33. The second-order valence-corrected chi connectivity index (χ2v) is 8.09. The lowest BCUT2D eigenvalue weighted by Crippen LogP contribution is -2.56. The van der Waals surface area contributed by atoms with Gasteiger partial charge in [-0.15, -0.1) is 0 Å². The van der Waals surface area contributed by atoms with Crippen molar-refractivity contribution in [3.63, 3.8) is 0 Å². The molecule has 0 saturated carbocycles. The molecule has 1 aromatic carbocycles. The van der Waals surface area contributed by atoms with E-state index in [1.54, 1.807) is 0 Å². The first-order chi connectivity index (χ1) is 12.6. The third-order valence-electron chi connectivity index (χ3n) is 5.05. The van der Waals surface area contributed by atoms with Gasteiger partial charge in [-0.25, -0.2) is 0 Å². The van der Waals surface area contributed by atoms with Gasteiger partial charge in [0.25, 0.3) is 5.91 Å². The first kappa shape index (κ1) is 21.4. The minimum absolute atomic E-state index is 0.155. The molecule has 1 heterocycles. The monoisotopic (exact) mass is 384 g/mol.